The summed E-state index contributed by atoms with van der Waals surface area (Å²) in [4.78, 5) is 11.6. The number of nitrogens with one attached hydrogen (secondary N) is 1. The van der Waals surface area contributed by atoms with Crippen molar-refractivity contribution in [3.05, 3.63) is 24.3 Å². The van der Waals surface area contributed by atoms with E-state index >= 15 is 0 Å². The Hall–Kier alpha value is -1.60. The molecule has 0 aromatic heterocycles. The minimum absolute atomic E-state index is 0.115. The maximum absolute atomic E-state index is 11.3. The van der Waals surface area contributed by atoms with E-state index < -0.39 is 9.84 Å². The molecule has 1 aromatic rings. The highest BCUT2D eigenvalue weighted by molar-refractivity contribution is 7.90. The molecule has 1 rings (SSSR count). The Kier molecular flexibility index (Phi) is 5.97. The first-order valence-corrected chi connectivity index (χ1v) is 8.13. The lowest BCUT2D eigenvalue weighted by molar-refractivity contribution is -0.121. The number of sulfone groups is 1. The largest absolute Gasteiger partial charge is 0.492 e. The van der Waals surface area contributed by atoms with Crippen molar-refractivity contribution in [3.63, 3.8) is 0 Å². The number of carbonyl (C=O) groups excluding carboxylic acids is 1. The maximum Gasteiger partial charge on any atom is 0.221 e. The number of benzene rings is 1. The minimum Gasteiger partial charge on any atom is -0.492 e. The van der Waals surface area contributed by atoms with Crippen molar-refractivity contribution in [2.75, 3.05) is 19.4 Å². The van der Waals surface area contributed by atoms with Crippen molar-refractivity contribution >= 4 is 15.7 Å². The van der Waals surface area contributed by atoms with Gasteiger partial charge in [0.25, 0.3) is 0 Å². The van der Waals surface area contributed by atoms with E-state index in [4.69, 9.17) is 10.5 Å². The molecule has 0 saturated carbocycles. The summed E-state index contributed by atoms with van der Waals surface area (Å²) < 4.78 is 27.9. The summed E-state index contributed by atoms with van der Waals surface area (Å²) in [6.07, 6.45) is 1.43. The quantitative estimate of drug-likeness (QED) is 0.707. The van der Waals surface area contributed by atoms with Crippen LogP contribution in [0.3, 0.4) is 0 Å². The summed E-state index contributed by atoms with van der Waals surface area (Å²) >= 11 is 0. The van der Waals surface area contributed by atoms with Gasteiger partial charge < -0.3 is 15.8 Å². The number of carbonyl (C=O) groups is 1. The van der Waals surface area contributed by atoms with Gasteiger partial charge in [0.05, 0.1) is 11.4 Å². The van der Waals surface area contributed by atoms with E-state index in [2.05, 4.69) is 5.32 Å². The zero-order chi connectivity index (χ0) is 15.2. The van der Waals surface area contributed by atoms with E-state index in [1.165, 1.54) is 12.1 Å². The van der Waals surface area contributed by atoms with Gasteiger partial charge in [-0.3, -0.25) is 4.79 Å². The highest BCUT2D eigenvalue weighted by Crippen LogP contribution is 2.15. The Labute approximate surface area is 119 Å². The molecular formula is C13H20N2O4S. The maximum atomic E-state index is 11.3. The number of hydrogen-bond acceptors (Lipinski definition) is 5. The second-order valence-corrected chi connectivity index (χ2v) is 6.64. The lowest BCUT2D eigenvalue weighted by Gasteiger charge is -2.09. The van der Waals surface area contributed by atoms with E-state index in [9.17, 15) is 13.2 Å². The summed E-state index contributed by atoms with van der Waals surface area (Å²) in [7, 11) is -3.19. The van der Waals surface area contributed by atoms with Crippen LogP contribution in [0.25, 0.3) is 0 Å². The molecule has 7 heteroatoms. The molecule has 1 amide bonds. The zero-order valence-corrected chi connectivity index (χ0v) is 12.4. The average molecular weight is 300 g/mol. The fraction of sp³-hybridized carbons (Fsp3) is 0.462. The molecule has 0 fully saturated rings. The molecule has 0 saturated heterocycles. The van der Waals surface area contributed by atoms with Crippen LogP contribution in [0.15, 0.2) is 29.2 Å². The molecular weight excluding hydrogens is 280 g/mol. The van der Waals surface area contributed by atoms with Gasteiger partial charge in [-0.25, -0.2) is 8.42 Å². The van der Waals surface area contributed by atoms with Gasteiger partial charge in [-0.15, -0.1) is 0 Å². The predicted octanol–water partition coefficient (Wildman–Crippen LogP) is 0.322. The predicted molar refractivity (Wildman–Crippen MR) is 76.3 cm³/mol. The Balaban J connectivity index is 2.34. The van der Waals surface area contributed by atoms with Crippen molar-refractivity contribution in [1.29, 1.82) is 0 Å². The van der Waals surface area contributed by atoms with Crippen molar-refractivity contribution < 1.29 is 17.9 Å². The zero-order valence-electron chi connectivity index (χ0n) is 11.6. The van der Waals surface area contributed by atoms with Gasteiger partial charge in [0, 0.05) is 18.7 Å². The molecule has 3 N–H and O–H groups in total. The molecule has 0 aliphatic carbocycles. The molecule has 0 heterocycles. The SMILES string of the molecule is CC(N)CC(=O)NCCOc1ccc(S(C)(=O)=O)cc1. The van der Waals surface area contributed by atoms with E-state index in [0.29, 0.717) is 18.9 Å². The van der Waals surface area contributed by atoms with E-state index in [0.717, 1.165) is 6.26 Å². The number of nitrogens with two attached hydrogens (primary N) is 1. The summed E-state index contributed by atoms with van der Waals surface area (Å²) in [5.74, 6) is 0.440. The van der Waals surface area contributed by atoms with Gasteiger partial charge in [0.15, 0.2) is 9.84 Å². The molecule has 0 aliphatic heterocycles. The van der Waals surface area contributed by atoms with Crippen molar-refractivity contribution in [2.45, 2.75) is 24.3 Å². The van der Waals surface area contributed by atoms with Gasteiger partial charge in [-0.1, -0.05) is 0 Å². The first-order valence-electron chi connectivity index (χ1n) is 6.24. The average Bonchev–Trinajstić information content (AvgIpc) is 2.33. The highest BCUT2D eigenvalue weighted by atomic mass is 32.2. The second-order valence-electron chi connectivity index (χ2n) is 4.62. The minimum atomic E-state index is -3.19. The van der Waals surface area contributed by atoms with Crippen molar-refractivity contribution in [1.82, 2.24) is 5.32 Å². The summed E-state index contributed by atoms with van der Waals surface area (Å²) in [5, 5.41) is 2.68. The molecule has 0 radical (unpaired) electrons. The van der Waals surface area contributed by atoms with Crippen molar-refractivity contribution in [3.8, 4) is 5.75 Å². The molecule has 0 aliphatic rings. The van der Waals surface area contributed by atoms with E-state index in [-0.39, 0.29) is 23.3 Å². The summed E-state index contributed by atoms with van der Waals surface area (Å²) in [6.45, 7) is 2.45. The third-order valence-corrected chi connectivity index (χ3v) is 3.58. The fourth-order valence-corrected chi connectivity index (χ4v) is 2.14. The molecule has 20 heavy (non-hydrogen) atoms. The smallest absolute Gasteiger partial charge is 0.221 e. The molecule has 1 unspecified atom stereocenters. The third kappa shape index (κ3) is 6.03. The van der Waals surface area contributed by atoms with Crippen LogP contribution in [0, 0.1) is 0 Å². The number of ether oxygens (including phenoxy) is 1. The normalized spacial score (nSPS) is 12.8. The molecule has 112 valence electrons. The topological polar surface area (TPSA) is 98.5 Å². The van der Waals surface area contributed by atoms with Crippen LogP contribution in [-0.2, 0) is 14.6 Å². The van der Waals surface area contributed by atoms with Gasteiger partial charge in [0.1, 0.15) is 12.4 Å². The van der Waals surface area contributed by atoms with Crippen LogP contribution >= 0.6 is 0 Å². The molecule has 0 spiro atoms. The van der Waals surface area contributed by atoms with Gasteiger partial charge in [-0.05, 0) is 31.2 Å². The van der Waals surface area contributed by atoms with Crippen LogP contribution in [0.4, 0.5) is 0 Å². The molecule has 1 atom stereocenters. The number of amides is 1. The summed E-state index contributed by atoms with van der Waals surface area (Å²) in [6, 6.07) is 5.97. The molecule has 1 aromatic carbocycles. The van der Waals surface area contributed by atoms with Crippen LogP contribution in [0.2, 0.25) is 0 Å². The standard InChI is InChI=1S/C13H20N2O4S/c1-10(14)9-13(16)15-7-8-19-11-3-5-12(6-4-11)20(2,17)18/h3-6,10H,7-9,14H2,1-2H3,(H,15,16). The van der Waals surface area contributed by atoms with Crippen LogP contribution in [0.5, 0.6) is 5.75 Å². The highest BCUT2D eigenvalue weighted by Gasteiger charge is 2.07. The van der Waals surface area contributed by atoms with Crippen LogP contribution in [-0.4, -0.2) is 39.8 Å². The van der Waals surface area contributed by atoms with Crippen LogP contribution in [0.1, 0.15) is 13.3 Å². The molecule has 6 nitrogen and oxygen atoms in total. The van der Waals surface area contributed by atoms with Gasteiger partial charge in [-0.2, -0.15) is 0 Å². The van der Waals surface area contributed by atoms with E-state index in [1.54, 1.807) is 19.1 Å². The monoisotopic (exact) mass is 300 g/mol. The molecule has 0 bridgehead atoms. The lowest BCUT2D eigenvalue weighted by atomic mass is 10.2. The Bertz CT molecular complexity index is 538. The fourth-order valence-electron chi connectivity index (χ4n) is 1.51. The lowest BCUT2D eigenvalue weighted by Crippen LogP contribution is -2.32. The van der Waals surface area contributed by atoms with Crippen LogP contribution < -0.4 is 15.8 Å². The Morgan fingerprint density at radius 2 is 1.95 bits per heavy atom. The second kappa shape index (κ2) is 7.25. The Morgan fingerprint density at radius 3 is 2.45 bits per heavy atom. The summed E-state index contributed by atoms with van der Waals surface area (Å²) in [5.41, 5.74) is 5.50. The first kappa shape index (κ1) is 16.5. The third-order valence-electron chi connectivity index (χ3n) is 2.45. The van der Waals surface area contributed by atoms with Gasteiger partial charge in [0.2, 0.25) is 5.91 Å². The number of hydrogen-bond donors (Lipinski definition) is 2. The Morgan fingerprint density at radius 1 is 1.35 bits per heavy atom. The number of rotatable bonds is 7. The first-order chi connectivity index (χ1) is 9.29. The van der Waals surface area contributed by atoms with Gasteiger partial charge >= 0.3 is 0 Å². The van der Waals surface area contributed by atoms with E-state index in [1.807, 2.05) is 0 Å². The van der Waals surface area contributed by atoms with Crippen molar-refractivity contribution in [2.24, 2.45) is 5.73 Å².